The second-order valence-corrected chi connectivity index (χ2v) is 7.31. The van der Waals surface area contributed by atoms with Gasteiger partial charge in [-0.2, -0.15) is 0 Å². The van der Waals surface area contributed by atoms with Gasteiger partial charge in [0.2, 0.25) is 0 Å². The highest BCUT2D eigenvalue weighted by Gasteiger charge is 2.34. The van der Waals surface area contributed by atoms with Crippen LogP contribution in [0.15, 0.2) is 18.2 Å². The Bertz CT molecular complexity index is 488. The van der Waals surface area contributed by atoms with Crippen LogP contribution in [0.4, 0.5) is 0 Å². The maximum absolute atomic E-state index is 6.40. The quantitative estimate of drug-likeness (QED) is 0.920. The van der Waals surface area contributed by atoms with E-state index in [1.807, 2.05) is 18.2 Å². The zero-order chi connectivity index (χ0) is 15.6. The average molecular weight is 311 g/mol. The lowest BCUT2D eigenvalue weighted by atomic mass is 9.92. The molecule has 118 valence electrons. The average Bonchev–Trinajstić information content (AvgIpc) is 2.39. The maximum atomic E-state index is 6.40. The summed E-state index contributed by atoms with van der Waals surface area (Å²) in [6.45, 7) is 11.9. The lowest BCUT2D eigenvalue weighted by Gasteiger charge is -2.46. The van der Waals surface area contributed by atoms with Crippen LogP contribution >= 0.6 is 11.6 Å². The van der Waals surface area contributed by atoms with Crippen LogP contribution in [-0.2, 0) is 6.54 Å². The maximum Gasteiger partial charge on any atom is 0.124 e. The molecule has 1 saturated heterocycles. The van der Waals surface area contributed by atoms with Crippen LogP contribution in [-0.4, -0.2) is 36.7 Å². The molecule has 0 bridgehead atoms. The van der Waals surface area contributed by atoms with Crippen molar-refractivity contribution in [3.8, 4) is 5.75 Å². The van der Waals surface area contributed by atoms with Crippen molar-refractivity contribution in [1.29, 1.82) is 0 Å². The third-order valence-corrected chi connectivity index (χ3v) is 4.64. The molecule has 21 heavy (non-hydrogen) atoms. The lowest BCUT2D eigenvalue weighted by Crippen LogP contribution is -2.62. The zero-order valence-corrected chi connectivity index (χ0v) is 14.5. The summed E-state index contributed by atoms with van der Waals surface area (Å²) in [5.74, 6) is 1.48. The van der Waals surface area contributed by atoms with Gasteiger partial charge in [-0.25, -0.2) is 0 Å². The largest absolute Gasteiger partial charge is 0.496 e. The van der Waals surface area contributed by atoms with E-state index in [1.165, 1.54) is 0 Å². The first-order valence-electron chi connectivity index (χ1n) is 7.64. The number of methoxy groups -OCH3 is 1. The van der Waals surface area contributed by atoms with Crippen molar-refractivity contribution < 1.29 is 4.74 Å². The second kappa shape index (κ2) is 6.55. The van der Waals surface area contributed by atoms with Crippen molar-refractivity contribution in [1.82, 2.24) is 10.2 Å². The molecule has 3 nitrogen and oxygen atoms in total. The molecule has 0 saturated carbocycles. The fourth-order valence-electron chi connectivity index (χ4n) is 3.11. The minimum Gasteiger partial charge on any atom is -0.496 e. The summed E-state index contributed by atoms with van der Waals surface area (Å²) in [5, 5.41) is 4.43. The normalized spacial score (nSPS) is 22.5. The van der Waals surface area contributed by atoms with E-state index < -0.39 is 0 Å². The van der Waals surface area contributed by atoms with E-state index in [0.717, 1.165) is 36.0 Å². The van der Waals surface area contributed by atoms with Crippen LogP contribution in [0.2, 0.25) is 5.02 Å². The molecule has 0 aliphatic carbocycles. The molecular weight excluding hydrogens is 284 g/mol. The van der Waals surface area contributed by atoms with Crippen LogP contribution in [0.1, 0.15) is 33.3 Å². The number of rotatable bonds is 4. The number of hydrogen-bond acceptors (Lipinski definition) is 3. The molecule has 0 aromatic heterocycles. The van der Waals surface area contributed by atoms with E-state index in [1.54, 1.807) is 7.11 Å². The highest BCUT2D eigenvalue weighted by Crippen LogP contribution is 2.30. The van der Waals surface area contributed by atoms with Gasteiger partial charge in [0, 0.05) is 41.8 Å². The molecule has 0 spiro atoms. The Morgan fingerprint density at radius 3 is 2.76 bits per heavy atom. The van der Waals surface area contributed by atoms with Crippen molar-refractivity contribution in [2.45, 2.75) is 45.8 Å². The van der Waals surface area contributed by atoms with Gasteiger partial charge in [-0.1, -0.05) is 31.5 Å². The monoisotopic (exact) mass is 310 g/mol. The number of piperazine rings is 1. The van der Waals surface area contributed by atoms with Crippen LogP contribution in [0.3, 0.4) is 0 Å². The summed E-state index contributed by atoms with van der Waals surface area (Å²) in [6.07, 6.45) is 0. The molecule has 2 rings (SSSR count). The summed E-state index contributed by atoms with van der Waals surface area (Å²) >= 11 is 6.40. The molecule has 1 aliphatic rings. The standard InChI is InChI=1S/C17H27ClN2O/c1-12(2)15-9-19-17(3,4)11-20(15)10-13-14(18)7-6-8-16(13)21-5/h6-8,12,15,19H,9-11H2,1-5H3. The number of benzene rings is 1. The fraction of sp³-hybridized carbons (Fsp3) is 0.647. The van der Waals surface area contributed by atoms with Gasteiger partial charge in [-0.15, -0.1) is 0 Å². The Hall–Kier alpha value is -0.770. The topological polar surface area (TPSA) is 24.5 Å². The van der Waals surface area contributed by atoms with Gasteiger partial charge in [-0.3, -0.25) is 4.90 Å². The summed E-state index contributed by atoms with van der Waals surface area (Å²) in [4.78, 5) is 2.53. The highest BCUT2D eigenvalue weighted by molar-refractivity contribution is 6.31. The molecule has 4 heteroatoms. The molecule has 1 aromatic rings. The summed E-state index contributed by atoms with van der Waals surface area (Å²) in [7, 11) is 1.71. The molecule has 1 atom stereocenters. The van der Waals surface area contributed by atoms with E-state index in [9.17, 15) is 0 Å². The summed E-state index contributed by atoms with van der Waals surface area (Å²) < 4.78 is 5.49. The first kappa shape index (κ1) is 16.6. The van der Waals surface area contributed by atoms with Crippen LogP contribution < -0.4 is 10.1 Å². The third kappa shape index (κ3) is 3.91. The molecule has 1 aliphatic heterocycles. The molecule has 1 unspecified atom stereocenters. The molecule has 0 amide bonds. The molecular formula is C17H27ClN2O. The van der Waals surface area contributed by atoms with Crippen LogP contribution in [0, 0.1) is 5.92 Å². The predicted molar refractivity (Wildman–Crippen MR) is 89.1 cm³/mol. The summed E-state index contributed by atoms with van der Waals surface area (Å²) in [6, 6.07) is 6.38. The van der Waals surface area contributed by atoms with Gasteiger partial charge in [0.15, 0.2) is 0 Å². The number of hydrogen-bond donors (Lipinski definition) is 1. The lowest BCUT2D eigenvalue weighted by molar-refractivity contribution is 0.0621. The Morgan fingerprint density at radius 1 is 1.43 bits per heavy atom. The van der Waals surface area contributed by atoms with Gasteiger partial charge >= 0.3 is 0 Å². The minimum absolute atomic E-state index is 0.125. The fourth-order valence-corrected chi connectivity index (χ4v) is 3.33. The van der Waals surface area contributed by atoms with Gasteiger partial charge < -0.3 is 10.1 Å². The van der Waals surface area contributed by atoms with E-state index >= 15 is 0 Å². The Kier molecular flexibility index (Phi) is 5.18. The van der Waals surface area contributed by atoms with E-state index in [0.29, 0.717) is 12.0 Å². The zero-order valence-electron chi connectivity index (χ0n) is 13.7. The minimum atomic E-state index is 0.125. The Labute approximate surface area is 133 Å². The van der Waals surface area contributed by atoms with Crippen molar-refractivity contribution in [2.75, 3.05) is 20.2 Å². The molecule has 1 heterocycles. The van der Waals surface area contributed by atoms with Crippen LogP contribution in [0.5, 0.6) is 5.75 Å². The van der Waals surface area contributed by atoms with Gasteiger partial charge in [0.25, 0.3) is 0 Å². The number of halogens is 1. The Balaban J connectivity index is 2.26. The van der Waals surface area contributed by atoms with Gasteiger partial charge in [-0.05, 0) is 31.9 Å². The smallest absolute Gasteiger partial charge is 0.124 e. The molecule has 1 fully saturated rings. The van der Waals surface area contributed by atoms with E-state index in [-0.39, 0.29) is 5.54 Å². The highest BCUT2D eigenvalue weighted by atomic mass is 35.5. The molecule has 1 N–H and O–H groups in total. The second-order valence-electron chi connectivity index (χ2n) is 6.90. The SMILES string of the molecule is COc1cccc(Cl)c1CN1CC(C)(C)NCC1C(C)C. The van der Waals surface area contributed by atoms with Gasteiger partial charge in [0.05, 0.1) is 7.11 Å². The third-order valence-electron chi connectivity index (χ3n) is 4.28. The summed E-state index contributed by atoms with van der Waals surface area (Å²) in [5.41, 5.74) is 1.21. The van der Waals surface area contributed by atoms with E-state index in [4.69, 9.17) is 16.3 Å². The van der Waals surface area contributed by atoms with Crippen LogP contribution in [0.25, 0.3) is 0 Å². The van der Waals surface area contributed by atoms with E-state index in [2.05, 4.69) is 37.9 Å². The molecule has 0 radical (unpaired) electrons. The van der Waals surface area contributed by atoms with Crippen molar-refractivity contribution >= 4 is 11.6 Å². The van der Waals surface area contributed by atoms with Crippen molar-refractivity contribution in [3.63, 3.8) is 0 Å². The first-order chi connectivity index (χ1) is 9.84. The Morgan fingerprint density at radius 2 is 2.14 bits per heavy atom. The number of nitrogens with zero attached hydrogens (tertiary/aromatic N) is 1. The predicted octanol–water partition coefficient (Wildman–Crippen LogP) is 3.56. The number of ether oxygens (including phenoxy) is 1. The number of nitrogens with one attached hydrogen (secondary N) is 1. The van der Waals surface area contributed by atoms with Gasteiger partial charge in [0.1, 0.15) is 5.75 Å². The van der Waals surface area contributed by atoms with Crippen molar-refractivity contribution in [3.05, 3.63) is 28.8 Å². The molecule has 1 aromatic carbocycles. The van der Waals surface area contributed by atoms with Crippen molar-refractivity contribution in [2.24, 2.45) is 5.92 Å². The first-order valence-corrected chi connectivity index (χ1v) is 8.02.